The zero-order chi connectivity index (χ0) is 14.0. The molecule has 0 saturated heterocycles. The van der Waals surface area contributed by atoms with Crippen LogP contribution in [0.5, 0.6) is 0 Å². The van der Waals surface area contributed by atoms with Gasteiger partial charge in [-0.1, -0.05) is 24.9 Å². The summed E-state index contributed by atoms with van der Waals surface area (Å²) in [7, 11) is -3.44. The third kappa shape index (κ3) is 2.97. The molecule has 1 aliphatic rings. The predicted molar refractivity (Wildman–Crippen MR) is 79.1 cm³/mol. The summed E-state index contributed by atoms with van der Waals surface area (Å²) in [5.74, 6) is 0.269. The van der Waals surface area contributed by atoms with Crippen molar-refractivity contribution in [2.24, 2.45) is 11.7 Å². The van der Waals surface area contributed by atoms with Crippen molar-refractivity contribution in [3.05, 3.63) is 16.5 Å². The molecule has 2 atom stereocenters. The number of hydrogen-bond acceptors (Lipinski definition) is 4. The van der Waals surface area contributed by atoms with Gasteiger partial charge in [-0.3, -0.25) is 0 Å². The lowest BCUT2D eigenvalue weighted by atomic mass is 10.0. The fourth-order valence-electron chi connectivity index (χ4n) is 2.81. The van der Waals surface area contributed by atoms with E-state index < -0.39 is 10.0 Å². The molecule has 4 nitrogen and oxygen atoms in total. The van der Waals surface area contributed by atoms with Gasteiger partial charge in [-0.25, -0.2) is 8.42 Å². The molecule has 2 rings (SSSR count). The van der Waals surface area contributed by atoms with Gasteiger partial charge in [0.05, 0.1) is 4.34 Å². The number of rotatable bonds is 5. The maximum atomic E-state index is 12.7. The first-order valence-corrected chi connectivity index (χ1v) is 9.11. The quantitative estimate of drug-likeness (QED) is 0.906. The molecule has 19 heavy (non-hydrogen) atoms. The van der Waals surface area contributed by atoms with E-state index >= 15 is 0 Å². The number of hydrogen-bond donors (Lipinski definition) is 1. The van der Waals surface area contributed by atoms with Crippen LogP contribution in [-0.4, -0.2) is 31.9 Å². The molecule has 2 N–H and O–H groups in total. The van der Waals surface area contributed by atoms with Crippen molar-refractivity contribution >= 4 is 33.0 Å². The molecule has 1 aromatic heterocycles. The fourth-order valence-corrected chi connectivity index (χ4v) is 6.14. The summed E-state index contributed by atoms with van der Waals surface area (Å²) in [6.07, 6.45) is 2.95. The Morgan fingerprint density at radius 3 is 2.74 bits per heavy atom. The molecule has 1 heterocycles. The van der Waals surface area contributed by atoms with E-state index in [2.05, 4.69) is 0 Å². The summed E-state index contributed by atoms with van der Waals surface area (Å²) in [5, 5.41) is 0. The normalized spacial score (nSPS) is 24.2. The zero-order valence-corrected chi connectivity index (χ0v) is 13.3. The molecule has 7 heteroatoms. The molecular weight excluding hydrogens is 304 g/mol. The van der Waals surface area contributed by atoms with E-state index in [1.807, 2.05) is 6.92 Å². The Bertz CT molecular complexity index is 530. The van der Waals surface area contributed by atoms with Crippen molar-refractivity contribution in [1.29, 1.82) is 0 Å². The van der Waals surface area contributed by atoms with Gasteiger partial charge in [-0.2, -0.15) is 4.31 Å². The average molecular weight is 323 g/mol. The van der Waals surface area contributed by atoms with Gasteiger partial charge in [0.25, 0.3) is 10.0 Å². The van der Waals surface area contributed by atoms with E-state index in [-0.39, 0.29) is 12.0 Å². The molecule has 0 bridgehead atoms. The predicted octanol–water partition coefficient (Wildman–Crippen LogP) is 2.54. The number of thiophene rings is 1. The van der Waals surface area contributed by atoms with Gasteiger partial charge in [0, 0.05) is 12.6 Å². The first-order valence-electron chi connectivity index (χ1n) is 6.48. The van der Waals surface area contributed by atoms with Crippen LogP contribution in [0.1, 0.15) is 26.2 Å². The lowest BCUT2D eigenvalue weighted by Crippen LogP contribution is -2.43. The van der Waals surface area contributed by atoms with E-state index in [1.165, 1.54) is 0 Å². The van der Waals surface area contributed by atoms with Crippen molar-refractivity contribution in [3.8, 4) is 0 Å². The summed E-state index contributed by atoms with van der Waals surface area (Å²) in [6, 6.07) is 3.24. The largest absolute Gasteiger partial charge is 0.330 e. The molecule has 0 aromatic carbocycles. The van der Waals surface area contributed by atoms with Gasteiger partial charge in [0.1, 0.15) is 4.21 Å². The van der Waals surface area contributed by atoms with Crippen molar-refractivity contribution in [1.82, 2.24) is 4.31 Å². The second kappa shape index (κ2) is 6.10. The summed E-state index contributed by atoms with van der Waals surface area (Å²) < 4.78 is 27.7. The Morgan fingerprint density at radius 1 is 1.47 bits per heavy atom. The Hall–Kier alpha value is -0.140. The van der Waals surface area contributed by atoms with E-state index in [1.54, 1.807) is 16.4 Å². The van der Waals surface area contributed by atoms with Gasteiger partial charge >= 0.3 is 0 Å². The molecule has 2 unspecified atom stereocenters. The Kier molecular flexibility index (Phi) is 4.89. The smallest absolute Gasteiger partial charge is 0.252 e. The van der Waals surface area contributed by atoms with Gasteiger partial charge in [0.15, 0.2) is 0 Å². The van der Waals surface area contributed by atoms with Crippen molar-refractivity contribution in [3.63, 3.8) is 0 Å². The van der Waals surface area contributed by atoms with Crippen molar-refractivity contribution in [2.75, 3.05) is 13.1 Å². The van der Waals surface area contributed by atoms with Crippen LogP contribution in [0.3, 0.4) is 0 Å². The maximum absolute atomic E-state index is 12.7. The molecule has 0 amide bonds. The van der Waals surface area contributed by atoms with Gasteiger partial charge in [0.2, 0.25) is 0 Å². The van der Waals surface area contributed by atoms with Crippen LogP contribution in [0.4, 0.5) is 0 Å². The minimum atomic E-state index is -3.44. The molecule has 1 saturated carbocycles. The molecule has 0 radical (unpaired) electrons. The topological polar surface area (TPSA) is 63.4 Å². The lowest BCUT2D eigenvalue weighted by Gasteiger charge is -2.30. The van der Waals surface area contributed by atoms with Crippen LogP contribution >= 0.6 is 22.9 Å². The SMILES string of the molecule is CCN(C1CCCC1CN)S(=O)(=O)c1ccc(Cl)s1. The summed E-state index contributed by atoms with van der Waals surface area (Å²) in [5.41, 5.74) is 5.76. The first kappa shape index (κ1) is 15.3. The highest BCUT2D eigenvalue weighted by molar-refractivity contribution is 7.91. The molecule has 0 aliphatic heterocycles. The monoisotopic (exact) mass is 322 g/mol. The minimum Gasteiger partial charge on any atom is -0.330 e. The Morgan fingerprint density at radius 2 is 2.21 bits per heavy atom. The van der Waals surface area contributed by atoms with E-state index in [4.69, 9.17) is 17.3 Å². The third-order valence-corrected chi connectivity index (χ3v) is 7.41. The van der Waals surface area contributed by atoms with E-state index in [0.717, 1.165) is 30.6 Å². The van der Waals surface area contributed by atoms with Gasteiger partial charge < -0.3 is 5.73 Å². The Balaban J connectivity index is 2.31. The number of sulfonamides is 1. The molecule has 0 spiro atoms. The summed E-state index contributed by atoms with van der Waals surface area (Å²) in [6.45, 7) is 2.89. The number of nitrogens with zero attached hydrogens (tertiary/aromatic N) is 1. The molecular formula is C12H19ClN2O2S2. The van der Waals surface area contributed by atoms with E-state index in [9.17, 15) is 8.42 Å². The Labute approximate surface area is 123 Å². The van der Waals surface area contributed by atoms with Crippen LogP contribution < -0.4 is 5.73 Å². The van der Waals surface area contributed by atoms with Crippen molar-refractivity contribution < 1.29 is 8.42 Å². The van der Waals surface area contributed by atoms with Crippen LogP contribution in [0.15, 0.2) is 16.3 Å². The van der Waals surface area contributed by atoms with Gasteiger partial charge in [-0.05, 0) is 37.4 Å². The first-order chi connectivity index (χ1) is 9.00. The average Bonchev–Trinajstić information content (AvgIpc) is 2.98. The molecule has 1 aliphatic carbocycles. The second-order valence-corrected chi connectivity index (χ2v) is 8.59. The van der Waals surface area contributed by atoms with Gasteiger partial charge in [-0.15, -0.1) is 11.3 Å². The highest BCUT2D eigenvalue weighted by Crippen LogP contribution is 2.35. The maximum Gasteiger partial charge on any atom is 0.252 e. The molecule has 108 valence electrons. The summed E-state index contributed by atoms with van der Waals surface area (Å²) >= 11 is 6.96. The van der Waals surface area contributed by atoms with Crippen molar-refractivity contribution in [2.45, 2.75) is 36.4 Å². The molecule has 1 fully saturated rings. The highest BCUT2D eigenvalue weighted by Gasteiger charge is 2.37. The fraction of sp³-hybridized carbons (Fsp3) is 0.667. The zero-order valence-electron chi connectivity index (χ0n) is 10.9. The molecule has 1 aromatic rings. The standard InChI is InChI=1S/C12H19ClN2O2S2/c1-2-15(10-5-3-4-9(10)8-14)19(16,17)12-7-6-11(13)18-12/h6-7,9-10H,2-5,8,14H2,1H3. The highest BCUT2D eigenvalue weighted by atomic mass is 35.5. The minimum absolute atomic E-state index is 0.0286. The lowest BCUT2D eigenvalue weighted by molar-refractivity contribution is 0.276. The van der Waals surface area contributed by atoms with E-state index in [0.29, 0.717) is 21.6 Å². The third-order valence-electron chi connectivity index (χ3n) is 3.71. The number of halogens is 1. The summed E-state index contributed by atoms with van der Waals surface area (Å²) in [4.78, 5) is 0. The number of nitrogens with two attached hydrogens (primary N) is 1. The second-order valence-electron chi connectivity index (χ2n) is 4.76. The van der Waals surface area contributed by atoms with Crippen LogP contribution in [0, 0.1) is 5.92 Å². The van der Waals surface area contributed by atoms with Crippen LogP contribution in [0.2, 0.25) is 4.34 Å². The van der Waals surface area contributed by atoms with Crippen LogP contribution in [0.25, 0.3) is 0 Å². The van der Waals surface area contributed by atoms with Crippen LogP contribution in [-0.2, 0) is 10.0 Å².